The lowest BCUT2D eigenvalue weighted by Gasteiger charge is -2.12. The number of carbonyl (C=O) groups is 3. The van der Waals surface area contributed by atoms with Crippen LogP contribution in [0.3, 0.4) is 0 Å². The van der Waals surface area contributed by atoms with Crippen molar-refractivity contribution in [2.75, 3.05) is 12.4 Å². The number of benzene rings is 3. The average Bonchev–Trinajstić information content (AvgIpc) is 2.82. The molecule has 174 valence electrons. The van der Waals surface area contributed by atoms with E-state index in [2.05, 4.69) is 31.8 Å². The van der Waals surface area contributed by atoms with Crippen LogP contribution in [0, 0.1) is 0 Å². The van der Waals surface area contributed by atoms with Crippen LogP contribution in [0.4, 0.5) is 5.69 Å². The Kier molecular flexibility index (Phi) is 8.39. The number of amides is 2. The minimum Gasteiger partial charge on any atom is -0.493 e. The Morgan fingerprint density at radius 3 is 2.41 bits per heavy atom. The third-order valence-corrected chi connectivity index (χ3v) is 5.42. The van der Waals surface area contributed by atoms with Gasteiger partial charge in [-0.05, 0) is 71.4 Å². The highest BCUT2D eigenvalue weighted by Crippen LogP contribution is 2.30. The molecule has 3 rings (SSSR count). The summed E-state index contributed by atoms with van der Waals surface area (Å²) < 4.78 is 11.4. The summed E-state index contributed by atoms with van der Waals surface area (Å²) in [4.78, 5) is 36.6. The van der Waals surface area contributed by atoms with Crippen LogP contribution in [0.15, 0.2) is 76.3 Å². The molecule has 0 saturated carbocycles. The number of rotatable bonds is 6. The van der Waals surface area contributed by atoms with Crippen LogP contribution in [0.2, 0.25) is 5.02 Å². The lowest BCUT2D eigenvalue weighted by Crippen LogP contribution is -2.32. The molecule has 0 bridgehead atoms. The van der Waals surface area contributed by atoms with E-state index >= 15 is 0 Å². The first kappa shape index (κ1) is 24.9. The van der Waals surface area contributed by atoms with Crippen molar-refractivity contribution in [2.45, 2.75) is 6.92 Å². The third kappa shape index (κ3) is 6.43. The number of ether oxygens (including phenoxy) is 2. The fraction of sp³-hybridized carbons (Fsp3) is 0.0833. The van der Waals surface area contributed by atoms with Crippen molar-refractivity contribution in [1.29, 1.82) is 0 Å². The number of nitrogens with one attached hydrogen (secondary N) is 2. The van der Waals surface area contributed by atoms with Crippen LogP contribution in [0.25, 0.3) is 0 Å². The highest BCUT2D eigenvalue weighted by molar-refractivity contribution is 9.10. The van der Waals surface area contributed by atoms with Gasteiger partial charge in [0.15, 0.2) is 11.5 Å². The van der Waals surface area contributed by atoms with Crippen LogP contribution in [0.1, 0.15) is 22.8 Å². The highest BCUT2D eigenvalue weighted by atomic mass is 79.9. The molecule has 0 heterocycles. The smallest absolute Gasteiger partial charge is 0.344 e. The summed E-state index contributed by atoms with van der Waals surface area (Å²) in [7, 11) is 1.43. The quantitative estimate of drug-likeness (QED) is 0.152. The highest BCUT2D eigenvalue weighted by Gasteiger charge is 2.17. The second-order valence-electron chi connectivity index (χ2n) is 6.84. The molecular formula is C24H19BrClN3O5. The molecule has 0 aliphatic heterocycles. The summed E-state index contributed by atoms with van der Waals surface area (Å²) >= 11 is 9.19. The van der Waals surface area contributed by atoms with Gasteiger partial charge in [0.25, 0.3) is 0 Å². The van der Waals surface area contributed by atoms with Gasteiger partial charge in [-0.1, -0.05) is 29.8 Å². The molecule has 0 atom stereocenters. The van der Waals surface area contributed by atoms with Crippen molar-refractivity contribution >= 4 is 56.7 Å². The van der Waals surface area contributed by atoms with E-state index in [0.29, 0.717) is 32.0 Å². The van der Waals surface area contributed by atoms with Gasteiger partial charge < -0.3 is 14.8 Å². The average molecular weight is 545 g/mol. The monoisotopic (exact) mass is 543 g/mol. The Labute approximate surface area is 209 Å². The summed E-state index contributed by atoms with van der Waals surface area (Å²) in [5.41, 5.74) is 3.92. The zero-order valence-corrected chi connectivity index (χ0v) is 20.4. The zero-order chi connectivity index (χ0) is 24.7. The van der Waals surface area contributed by atoms with E-state index in [1.165, 1.54) is 13.2 Å². The zero-order valence-electron chi connectivity index (χ0n) is 18.1. The topological polar surface area (TPSA) is 106 Å². The maximum Gasteiger partial charge on any atom is 0.344 e. The fourth-order valence-electron chi connectivity index (χ4n) is 2.76. The summed E-state index contributed by atoms with van der Waals surface area (Å²) in [5, 5.41) is 6.81. The first-order valence-electron chi connectivity index (χ1n) is 9.84. The number of esters is 1. The van der Waals surface area contributed by atoms with Crippen molar-refractivity contribution in [2.24, 2.45) is 5.10 Å². The number of carbonyl (C=O) groups excluding carboxylic acids is 3. The molecule has 0 radical (unpaired) electrons. The predicted octanol–water partition coefficient (Wildman–Crippen LogP) is 4.81. The normalized spacial score (nSPS) is 10.9. The minimum absolute atomic E-state index is 0.213. The number of anilines is 1. The minimum atomic E-state index is -0.953. The molecule has 10 heteroatoms. The number of halogens is 2. The Hall–Kier alpha value is -3.69. The van der Waals surface area contributed by atoms with Crippen molar-refractivity contribution in [3.05, 3.63) is 87.4 Å². The Morgan fingerprint density at radius 2 is 1.71 bits per heavy atom. The number of hydrogen-bond acceptors (Lipinski definition) is 6. The first-order valence-corrected chi connectivity index (χ1v) is 11.0. The molecule has 0 aliphatic rings. The van der Waals surface area contributed by atoms with Crippen LogP contribution < -0.4 is 20.2 Å². The maximum absolute atomic E-state index is 12.5. The van der Waals surface area contributed by atoms with Crippen molar-refractivity contribution in [3.63, 3.8) is 0 Å². The van der Waals surface area contributed by atoms with Gasteiger partial charge in [-0.2, -0.15) is 5.10 Å². The van der Waals surface area contributed by atoms with Gasteiger partial charge in [0.1, 0.15) is 0 Å². The van der Waals surface area contributed by atoms with Crippen molar-refractivity contribution in [3.8, 4) is 11.5 Å². The molecule has 2 amide bonds. The molecule has 0 spiro atoms. The molecule has 0 aromatic heterocycles. The van der Waals surface area contributed by atoms with Gasteiger partial charge in [0.2, 0.25) is 0 Å². The number of hydrogen-bond donors (Lipinski definition) is 2. The largest absolute Gasteiger partial charge is 0.493 e. The molecule has 34 heavy (non-hydrogen) atoms. The van der Waals surface area contributed by atoms with E-state index in [0.717, 1.165) is 0 Å². The molecule has 3 aromatic carbocycles. The third-order valence-electron chi connectivity index (χ3n) is 4.49. The van der Waals surface area contributed by atoms with Crippen LogP contribution in [0.5, 0.6) is 11.5 Å². The van der Waals surface area contributed by atoms with Crippen molar-refractivity contribution < 1.29 is 23.9 Å². The van der Waals surface area contributed by atoms with Gasteiger partial charge in [-0.3, -0.25) is 9.59 Å². The fourth-order valence-corrected chi connectivity index (χ4v) is 3.40. The summed E-state index contributed by atoms with van der Waals surface area (Å²) in [5.74, 6) is -1.90. The molecule has 0 fully saturated rings. The SMILES string of the molecule is COc1cc(/C(C)=N/NC(=O)C(=O)Nc2cccc(Cl)c2)ccc1OC(=O)c1ccccc1Br. The number of nitrogens with zero attached hydrogens (tertiary/aromatic N) is 1. The number of methoxy groups -OCH3 is 1. The molecule has 0 aliphatic carbocycles. The molecule has 2 N–H and O–H groups in total. The molecular weight excluding hydrogens is 526 g/mol. The molecule has 3 aromatic rings. The Bertz CT molecular complexity index is 1280. The van der Waals surface area contributed by atoms with Gasteiger partial charge in [0, 0.05) is 20.7 Å². The standard InChI is InChI=1S/C24H19BrClN3O5/c1-14(28-29-23(31)22(30)27-17-7-5-6-16(26)13-17)15-10-11-20(21(12-15)33-2)34-24(32)18-8-3-4-9-19(18)25/h3-13H,1-2H3,(H,27,30)(H,29,31)/b28-14+. The van der Waals surface area contributed by atoms with E-state index in [1.54, 1.807) is 67.6 Å². The number of hydrazone groups is 1. The van der Waals surface area contributed by atoms with Gasteiger partial charge in [0.05, 0.1) is 18.4 Å². The second-order valence-corrected chi connectivity index (χ2v) is 8.13. The Morgan fingerprint density at radius 1 is 0.941 bits per heavy atom. The predicted molar refractivity (Wildman–Crippen MR) is 133 cm³/mol. The van der Waals surface area contributed by atoms with Crippen LogP contribution in [-0.4, -0.2) is 30.6 Å². The summed E-state index contributed by atoms with van der Waals surface area (Å²) in [6.45, 7) is 1.64. The lowest BCUT2D eigenvalue weighted by molar-refractivity contribution is -0.136. The van der Waals surface area contributed by atoms with Gasteiger partial charge >= 0.3 is 17.8 Å². The van der Waals surface area contributed by atoms with E-state index in [-0.39, 0.29) is 11.5 Å². The van der Waals surface area contributed by atoms with E-state index < -0.39 is 17.8 Å². The molecule has 8 nitrogen and oxygen atoms in total. The van der Waals surface area contributed by atoms with Gasteiger partial charge in [-0.25, -0.2) is 10.2 Å². The maximum atomic E-state index is 12.5. The van der Waals surface area contributed by atoms with E-state index in [1.807, 2.05) is 0 Å². The van der Waals surface area contributed by atoms with Crippen molar-refractivity contribution in [1.82, 2.24) is 5.43 Å². The van der Waals surface area contributed by atoms with Crippen LogP contribution >= 0.6 is 27.5 Å². The van der Waals surface area contributed by atoms with E-state index in [9.17, 15) is 14.4 Å². The molecule has 0 unspecified atom stereocenters. The van der Waals surface area contributed by atoms with E-state index in [4.69, 9.17) is 21.1 Å². The Balaban J connectivity index is 1.68. The summed E-state index contributed by atoms with van der Waals surface area (Å²) in [6, 6.07) is 18.1. The van der Waals surface area contributed by atoms with Gasteiger partial charge in [-0.15, -0.1) is 0 Å². The second kappa shape index (κ2) is 11.4. The first-order chi connectivity index (χ1) is 16.3. The van der Waals surface area contributed by atoms with Crippen LogP contribution in [-0.2, 0) is 9.59 Å². The summed E-state index contributed by atoms with van der Waals surface area (Å²) in [6.07, 6.45) is 0. The molecule has 0 saturated heterocycles. The lowest BCUT2D eigenvalue weighted by atomic mass is 10.1.